The molecule has 2 aromatic rings. The smallest absolute Gasteiger partial charge is 0.282 e. The number of nitrogens with two attached hydrogens (primary N) is 1. The SMILES string of the molecule is BC(B)(B)O[C@H]1CC[C@@]2(Cc3ccc(-c4cncc(F)c4)cc3[C@]23N=C(N)OC3(B)B)C[C@@H]1C. The van der Waals surface area contributed by atoms with E-state index in [1.165, 1.54) is 17.8 Å². The van der Waals surface area contributed by atoms with Gasteiger partial charge in [0.15, 0.2) is 15.7 Å². The maximum Gasteiger partial charge on any atom is 0.282 e. The van der Waals surface area contributed by atoms with Crippen LogP contribution in [0.2, 0.25) is 0 Å². The molecule has 11 heteroatoms. The van der Waals surface area contributed by atoms with Crippen molar-refractivity contribution in [2.75, 3.05) is 0 Å². The Morgan fingerprint density at radius 1 is 1.18 bits per heavy atom. The molecule has 3 aliphatic rings. The van der Waals surface area contributed by atoms with E-state index in [9.17, 15) is 4.39 Å². The zero-order valence-corrected chi connectivity index (χ0v) is 21.1. The van der Waals surface area contributed by atoms with E-state index in [0.29, 0.717) is 5.92 Å². The first-order valence-electron chi connectivity index (χ1n) is 12.3. The van der Waals surface area contributed by atoms with E-state index in [1.54, 1.807) is 6.20 Å². The average Bonchev–Trinajstić information content (AvgIpc) is 3.13. The lowest BCUT2D eigenvalue weighted by Gasteiger charge is -2.53. The molecule has 34 heavy (non-hydrogen) atoms. The second kappa shape index (κ2) is 7.68. The largest absolute Gasteiger partial charge is 0.475 e. The van der Waals surface area contributed by atoms with Gasteiger partial charge in [0.05, 0.1) is 17.7 Å². The quantitative estimate of drug-likeness (QED) is 0.580. The van der Waals surface area contributed by atoms with Gasteiger partial charge in [0.1, 0.15) is 34.9 Å². The summed E-state index contributed by atoms with van der Waals surface area (Å²) in [5, 5.41) is -0.787. The maximum atomic E-state index is 13.9. The molecule has 0 radical (unpaired) electrons. The molecule has 1 fully saturated rings. The van der Waals surface area contributed by atoms with E-state index in [4.69, 9.17) is 20.2 Å². The highest BCUT2D eigenvalue weighted by atomic mass is 19.1. The van der Waals surface area contributed by atoms with Gasteiger partial charge in [-0.25, -0.2) is 9.38 Å². The minimum Gasteiger partial charge on any atom is -0.475 e. The number of pyridine rings is 1. The first-order chi connectivity index (χ1) is 15.9. The van der Waals surface area contributed by atoms with Gasteiger partial charge in [-0.15, -0.1) is 0 Å². The fourth-order valence-electron chi connectivity index (χ4n) is 7.07. The van der Waals surface area contributed by atoms with Crippen LogP contribution in [0.25, 0.3) is 11.1 Å². The van der Waals surface area contributed by atoms with Crippen molar-refractivity contribution in [2.45, 2.75) is 54.9 Å². The van der Waals surface area contributed by atoms with Gasteiger partial charge in [-0.05, 0) is 65.7 Å². The third-order valence-electron chi connectivity index (χ3n) is 8.10. The normalized spacial score (nSPS) is 31.9. The molecule has 5 rings (SSSR count). The van der Waals surface area contributed by atoms with Crippen LogP contribution in [0.1, 0.15) is 37.3 Å². The summed E-state index contributed by atoms with van der Waals surface area (Å²) in [5.41, 5.74) is 9.62. The van der Waals surface area contributed by atoms with Crippen molar-refractivity contribution in [1.82, 2.24) is 4.98 Å². The Labute approximate surface area is 205 Å². The molecule has 5 nitrogen and oxygen atoms in total. The minimum atomic E-state index is -0.614. The second-order valence-corrected chi connectivity index (χ2v) is 12.0. The number of fused-ring (bicyclic) bond motifs is 3. The molecular formula is C23H31B5FN3O2. The number of hydrogen-bond donors (Lipinski definition) is 1. The molecule has 0 amide bonds. The number of rotatable bonds is 3. The van der Waals surface area contributed by atoms with Crippen molar-refractivity contribution in [1.29, 1.82) is 0 Å². The molecular weight excluding hydrogens is 423 g/mol. The van der Waals surface area contributed by atoms with Gasteiger partial charge in [-0.2, -0.15) is 0 Å². The van der Waals surface area contributed by atoms with Crippen LogP contribution in [0.4, 0.5) is 4.39 Å². The highest BCUT2D eigenvalue weighted by Crippen LogP contribution is 2.65. The Morgan fingerprint density at radius 2 is 1.94 bits per heavy atom. The lowest BCUT2D eigenvalue weighted by atomic mass is 9.44. The highest BCUT2D eigenvalue weighted by molar-refractivity contribution is 6.58. The number of aliphatic imine (C=N–C) groups is 1. The Kier molecular flexibility index (Phi) is 5.33. The first kappa shape index (κ1) is 23.6. The van der Waals surface area contributed by atoms with Crippen LogP contribution in [0, 0.1) is 17.2 Å². The summed E-state index contributed by atoms with van der Waals surface area (Å²) in [6.45, 7) is 2.30. The van der Waals surface area contributed by atoms with Crippen molar-refractivity contribution in [2.24, 2.45) is 22.1 Å². The predicted molar refractivity (Wildman–Crippen MR) is 146 cm³/mol. The van der Waals surface area contributed by atoms with Crippen LogP contribution in [0.15, 0.2) is 41.7 Å². The summed E-state index contributed by atoms with van der Waals surface area (Å²) in [4.78, 5) is 9.17. The lowest BCUT2D eigenvalue weighted by Crippen LogP contribution is -2.60. The molecule has 2 heterocycles. The predicted octanol–water partition coefficient (Wildman–Crippen LogP) is -1.39. The van der Waals surface area contributed by atoms with Crippen molar-refractivity contribution >= 4 is 45.3 Å². The molecule has 1 aromatic heterocycles. The monoisotopic (exact) mass is 455 g/mol. The zero-order valence-electron chi connectivity index (χ0n) is 21.1. The molecule has 2 N–H and O–H groups in total. The number of benzene rings is 1. The summed E-state index contributed by atoms with van der Waals surface area (Å²) in [7, 11) is 10.6. The topological polar surface area (TPSA) is 69.7 Å². The number of amidine groups is 1. The van der Waals surface area contributed by atoms with Gasteiger partial charge in [0.25, 0.3) is 6.02 Å². The van der Waals surface area contributed by atoms with Gasteiger partial charge in [0.2, 0.25) is 0 Å². The van der Waals surface area contributed by atoms with E-state index in [2.05, 4.69) is 69.3 Å². The molecule has 0 bridgehead atoms. The highest BCUT2D eigenvalue weighted by Gasteiger charge is 2.69. The zero-order chi connectivity index (χ0) is 24.5. The molecule has 1 saturated carbocycles. The summed E-state index contributed by atoms with van der Waals surface area (Å²) in [5.74, 6) is 0.0286. The average molecular weight is 455 g/mol. The Morgan fingerprint density at radius 3 is 2.56 bits per heavy atom. The second-order valence-electron chi connectivity index (χ2n) is 12.0. The Bertz CT molecular complexity index is 1170. The van der Waals surface area contributed by atoms with Crippen LogP contribution >= 0.6 is 0 Å². The molecule has 1 aromatic carbocycles. The van der Waals surface area contributed by atoms with Crippen molar-refractivity contribution in [3.63, 3.8) is 0 Å². The summed E-state index contributed by atoms with van der Waals surface area (Å²) in [6.07, 6.45) is 6.99. The van der Waals surface area contributed by atoms with Crippen LogP contribution < -0.4 is 5.73 Å². The number of hydrogen-bond acceptors (Lipinski definition) is 5. The summed E-state index contributed by atoms with van der Waals surface area (Å²) < 4.78 is 26.6. The van der Waals surface area contributed by atoms with Crippen LogP contribution in [-0.4, -0.2) is 67.0 Å². The van der Waals surface area contributed by atoms with Gasteiger partial charge in [-0.1, -0.05) is 19.1 Å². The number of ether oxygens (including phenoxy) is 2. The van der Waals surface area contributed by atoms with Gasteiger partial charge in [0, 0.05) is 17.2 Å². The van der Waals surface area contributed by atoms with Gasteiger partial charge < -0.3 is 15.2 Å². The third-order valence-corrected chi connectivity index (χ3v) is 8.10. The molecule has 0 unspecified atom stereocenters. The molecule has 172 valence electrons. The van der Waals surface area contributed by atoms with E-state index < -0.39 is 10.9 Å². The van der Waals surface area contributed by atoms with E-state index in [1.807, 2.05) is 0 Å². The van der Waals surface area contributed by atoms with Crippen molar-refractivity contribution in [3.8, 4) is 11.1 Å². The lowest BCUT2D eigenvalue weighted by molar-refractivity contribution is -0.0743. The van der Waals surface area contributed by atoms with E-state index in [0.717, 1.165) is 42.4 Å². The number of halogens is 1. The Balaban J connectivity index is 1.62. The fraction of sp³-hybridized carbons (Fsp3) is 0.478. The van der Waals surface area contributed by atoms with Crippen LogP contribution in [-0.2, 0) is 21.4 Å². The van der Waals surface area contributed by atoms with E-state index >= 15 is 0 Å². The van der Waals surface area contributed by atoms with Gasteiger partial charge >= 0.3 is 0 Å². The van der Waals surface area contributed by atoms with Crippen LogP contribution in [0.3, 0.4) is 0 Å². The van der Waals surface area contributed by atoms with E-state index in [-0.39, 0.29) is 28.7 Å². The maximum absolute atomic E-state index is 13.9. The standard InChI is InChI=1S/C23H31B5FN3O2/c1-12-8-20(5-4-18(12)33-23(26,27)28)9-14-3-2-13(15-6-16(29)11-31-10-15)7-17(14)21(20)22(24,25)34-19(30)32-21/h2-3,6-7,10-12,18H,4-5,8-9,24-28H2,1H3,(H2,30,32)/t12-,18-,20-,21-/m0/s1. The van der Waals surface area contributed by atoms with Crippen molar-refractivity contribution < 1.29 is 13.9 Å². The van der Waals surface area contributed by atoms with Crippen molar-refractivity contribution in [3.05, 3.63) is 53.6 Å². The van der Waals surface area contributed by atoms with Crippen LogP contribution in [0.5, 0.6) is 0 Å². The number of nitrogens with zero attached hydrogens (tertiary/aromatic N) is 2. The fourth-order valence-corrected chi connectivity index (χ4v) is 7.07. The third kappa shape index (κ3) is 3.54. The Hall–Kier alpha value is -2.15. The molecule has 4 atom stereocenters. The minimum absolute atomic E-state index is 0.129. The number of aromatic nitrogens is 1. The molecule has 2 aliphatic carbocycles. The molecule has 1 aliphatic heterocycles. The summed E-state index contributed by atoms with van der Waals surface area (Å²) >= 11 is 0. The summed E-state index contributed by atoms with van der Waals surface area (Å²) in [6, 6.07) is 8.17. The van der Waals surface area contributed by atoms with Gasteiger partial charge in [-0.3, -0.25) is 4.98 Å². The first-order valence-corrected chi connectivity index (χ1v) is 12.3. The molecule has 2 spiro atoms. The molecule has 0 saturated heterocycles.